The van der Waals surface area contributed by atoms with E-state index in [9.17, 15) is 9.59 Å². The normalized spacial score (nSPS) is 10.2. The van der Waals surface area contributed by atoms with Gasteiger partial charge < -0.3 is 24.8 Å². The highest BCUT2D eigenvalue weighted by atomic mass is 16.5. The lowest BCUT2D eigenvalue weighted by Gasteiger charge is -2.18. The van der Waals surface area contributed by atoms with Crippen LogP contribution < -0.4 is 24.8 Å². The van der Waals surface area contributed by atoms with Crippen molar-refractivity contribution in [3.8, 4) is 17.2 Å². The molecule has 0 atom stereocenters. The molecule has 166 valence electrons. The maximum absolute atomic E-state index is 12.8. The summed E-state index contributed by atoms with van der Waals surface area (Å²) >= 11 is 0. The summed E-state index contributed by atoms with van der Waals surface area (Å²) in [6, 6.07) is 13.3. The van der Waals surface area contributed by atoms with Crippen LogP contribution >= 0.6 is 0 Å². The van der Waals surface area contributed by atoms with Crippen molar-refractivity contribution in [2.75, 3.05) is 31.0 Å². The summed E-state index contributed by atoms with van der Waals surface area (Å²) in [5, 5.41) is 5.69. The van der Waals surface area contributed by atoms with Gasteiger partial charge in [-0.25, -0.2) is 0 Å². The number of ether oxygens (including phenoxy) is 3. The van der Waals surface area contributed by atoms with Crippen LogP contribution in [0.3, 0.4) is 0 Å². The average molecular weight is 435 g/mol. The van der Waals surface area contributed by atoms with Gasteiger partial charge in [-0.3, -0.25) is 14.6 Å². The Bertz CT molecular complexity index is 1070. The van der Waals surface area contributed by atoms with E-state index in [1.54, 1.807) is 68.0 Å². The SMILES string of the molecule is CCOc1cc(NC(=O)c2ccc(OC)cc2)c(OCC)cc1NC(=O)c1ccncc1. The third-order valence-electron chi connectivity index (χ3n) is 4.47. The summed E-state index contributed by atoms with van der Waals surface area (Å²) in [5.41, 5.74) is 1.77. The molecule has 0 spiro atoms. The average Bonchev–Trinajstić information content (AvgIpc) is 2.82. The minimum Gasteiger partial charge on any atom is -0.497 e. The maximum atomic E-state index is 12.8. The molecule has 0 unspecified atom stereocenters. The minimum absolute atomic E-state index is 0.314. The van der Waals surface area contributed by atoms with Gasteiger partial charge >= 0.3 is 0 Å². The predicted molar refractivity (Wildman–Crippen MR) is 122 cm³/mol. The molecule has 0 fully saturated rings. The van der Waals surface area contributed by atoms with Crippen molar-refractivity contribution < 1.29 is 23.8 Å². The van der Waals surface area contributed by atoms with Crippen molar-refractivity contribution in [1.29, 1.82) is 0 Å². The van der Waals surface area contributed by atoms with Crippen molar-refractivity contribution in [3.05, 3.63) is 72.1 Å². The molecule has 32 heavy (non-hydrogen) atoms. The number of anilines is 2. The standard InChI is InChI=1S/C24H25N3O5/c1-4-31-21-15-20(27-24(29)17-10-12-25-13-11-17)22(32-5-2)14-19(21)26-23(28)16-6-8-18(30-3)9-7-16/h6-15H,4-5H2,1-3H3,(H,26,28)(H,27,29). The van der Waals surface area contributed by atoms with Gasteiger partial charge in [0.15, 0.2) is 0 Å². The summed E-state index contributed by atoms with van der Waals surface area (Å²) in [5.74, 6) is 0.839. The van der Waals surface area contributed by atoms with Gasteiger partial charge in [0.2, 0.25) is 0 Å². The molecule has 3 rings (SSSR count). The molecule has 0 saturated carbocycles. The smallest absolute Gasteiger partial charge is 0.255 e. The van der Waals surface area contributed by atoms with E-state index in [4.69, 9.17) is 14.2 Å². The molecule has 0 aliphatic carbocycles. The number of amides is 2. The van der Waals surface area contributed by atoms with E-state index in [0.29, 0.717) is 53.0 Å². The Morgan fingerprint density at radius 1 is 0.781 bits per heavy atom. The van der Waals surface area contributed by atoms with E-state index in [1.807, 2.05) is 13.8 Å². The van der Waals surface area contributed by atoms with E-state index < -0.39 is 0 Å². The van der Waals surface area contributed by atoms with Gasteiger partial charge in [0.1, 0.15) is 17.2 Å². The van der Waals surface area contributed by atoms with Crippen LogP contribution in [0, 0.1) is 0 Å². The van der Waals surface area contributed by atoms with Gasteiger partial charge in [-0.05, 0) is 50.2 Å². The van der Waals surface area contributed by atoms with Crippen molar-refractivity contribution in [1.82, 2.24) is 4.98 Å². The Morgan fingerprint density at radius 3 is 1.69 bits per heavy atom. The number of hydrogen-bond donors (Lipinski definition) is 2. The monoisotopic (exact) mass is 435 g/mol. The van der Waals surface area contributed by atoms with Crippen LogP contribution in [0.25, 0.3) is 0 Å². The number of carbonyl (C=O) groups excluding carboxylic acids is 2. The van der Waals surface area contributed by atoms with Crippen LogP contribution in [0.1, 0.15) is 34.6 Å². The number of aromatic nitrogens is 1. The Morgan fingerprint density at radius 2 is 1.25 bits per heavy atom. The van der Waals surface area contributed by atoms with Crippen LogP contribution in [0.4, 0.5) is 11.4 Å². The van der Waals surface area contributed by atoms with Gasteiger partial charge in [0, 0.05) is 35.7 Å². The number of hydrogen-bond acceptors (Lipinski definition) is 6. The summed E-state index contributed by atoms with van der Waals surface area (Å²) in [4.78, 5) is 29.3. The molecule has 1 heterocycles. The minimum atomic E-state index is -0.315. The van der Waals surface area contributed by atoms with Crippen LogP contribution in [-0.2, 0) is 0 Å². The van der Waals surface area contributed by atoms with Gasteiger partial charge in [0.25, 0.3) is 11.8 Å². The van der Waals surface area contributed by atoms with E-state index in [1.165, 1.54) is 0 Å². The first kappa shape index (κ1) is 22.6. The molecule has 0 aliphatic rings. The fourth-order valence-electron chi connectivity index (χ4n) is 2.94. The second kappa shape index (κ2) is 10.8. The van der Waals surface area contributed by atoms with Crippen molar-refractivity contribution in [3.63, 3.8) is 0 Å². The number of rotatable bonds is 9. The molecule has 2 amide bonds. The summed E-state index contributed by atoms with van der Waals surface area (Å²) in [6.45, 7) is 4.41. The lowest BCUT2D eigenvalue weighted by atomic mass is 10.1. The number of benzene rings is 2. The van der Waals surface area contributed by atoms with Gasteiger partial charge in [-0.15, -0.1) is 0 Å². The molecule has 2 aromatic carbocycles. The molecule has 8 heteroatoms. The quantitative estimate of drug-likeness (QED) is 0.517. The molecule has 3 aromatic rings. The lowest BCUT2D eigenvalue weighted by Crippen LogP contribution is -2.15. The topological polar surface area (TPSA) is 98.8 Å². The van der Waals surface area contributed by atoms with E-state index in [2.05, 4.69) is 15.6 Å². The number of pyridine rings is 1. The molecule has 0 radical (unpaired) electrons. The van der Waals surface area contributed by atoms with E-state index >= 15 is 0 Å². The van der Waals surface area contributed by atoms with Crippen LogP contribution in [0.15, 0.2) is 60.9 Å². The van der Waals surface area contributed by atoms with Gasteiger partial charge in [-0.2, -0.15) is 0 Å². The zero-order valence-corrected chi connectivity index (χ0v) is 18.2. The van der Waals surface area contributed by atoms with Crippen LogP contribution in [0.2, 0.25) is 0 Å². The lowest BCUT2D eigenvalue weighted by molar-refractivity contribution is 0.101. The highest BCUT2D eigenvalue weighted by molar-refractivity contribution is 6.07. The Hall–Kier alpha value is -4.07. The van der Waals surface area contributed by atoms with Crippen LogP contribution in [0.5, 0.6) is 17.2 Å². The van der Waals surface area contributed by atoms with Crippen LogP contribution in [-0.4, -0.2) is 37.1 Å². The predicted octanol–water partition coefficient (Wildman–Crippen LogP) is 4.39. The van der Waals surface area contributed by atoms with E-state index in [-0.39, 0.29) is 11.8 Å². The fraction of sp³-hybridized carbons (Fsp3) is 0.208. The third-order valence-corrected chi connectivity index (χ3v) is 4.47. The summed E-state index contributed by atoms with van der Waals surface area (Å²) in [7, 11) is 1.56. The molecule has 1 aromatic heterocycles. The number of nitrogens with one attached hydrogen (secondary N) is 2. The number of methoxy groups -OCH3 is 1. The maximum Gasteiger partial charge on any atom is 0.255 e. The zero-order chi connectivity index (χ0) is 22.9. The van der Waals surface area contributed by atoms with Gasteiger partial charge in [-0.1, -0.05) is 0 Å². The summed E-state index contributed by atoms with van der Waals surface area (Å²) < 4.78 is 16.6. The summed E-state index contributed by atoms with van der Waals surface area (Å²) in [6.07, 6.45) is 3.09. The van der Waals surface area contributed by atoms with Gasteiger partial charge in [0.05, 0.1) is 31.7 Å². The second-order valence-electron chi connectivity index (χ2n) is 6.58. The molecule has 0 saturated heterocycles. The van der Waals surface area contributed by atoms with E-state index in [0.717, 1.165) is 0 Å². The Labute approximate surface area is 186 Å². The number of nitrogens with zero attached hydrogens (tertiary/aromatic N) is 1. The Balaban J connectivity index is 1.90. The van der Waals surface area contributed by atoms with Crippen molar-refractivity contribution >= 4 is 23.2 Å². The first-order valence-corrected chi connectivity index (χ1v) is 10.2. The zero-order valence-electron chi connectivity index (χ0n) is 18.2. The largest absolute Gasteiger partial charge is 0.497 e. The van der Waals surface area contributed by atoms with Crippen molar-refractivity contribution in [2.24, 2.45) is 0 Å². The molecule has 2 N–H and O–H groups in total. The highest BCUT2D eigenvalue weighted by Gasteiger charge is 2.17. The fourth-order valence-corrected chi connectivity index (χ4v) is 2.94. The third kappa shape index (κ3) is 5.54. The molecule has 0 bridgehead atoms. The second-order valence-corrected chi connectivity index (χ2v) is 6.58. The molecule has 8 nitrogen and oxygen atoms in total. The first-order valence-electron chi connectivity index (χ1n) is 10.2. The Kier molecular flexibility index (Phi) is 7.64. The first-order chi connectivity index (χ1) is 15.5. The molecular weight excluding hydrogens is 410 g/mol. The number of carbonyl (C=O) groups is 2. The molecule has 0 aliphatic heterocycles. The molecular formula is C24H25N3O5. The van der Waals surface area contributed by atoms with Crippen molar-refractivity contribution in [2.45, 2.75) is 13.8 Å². The highest BCUT2D eigenvalue weighted by Crippen LogP contribution is 2.37.